The van der Waals surface area contributed by atoms with Gasteiger partial charge in [-0.2, -0.15) is 0 Å². The van der Waals surface area contributed by atoms with Crippen molar-refractivity contribution in [1.82, 2.24) is 4.90 Å². The van der Waals surface area contributed by atoms with Crippen molar-refractivity contribution < 1.29 is 9.21 Å². The number of nitrogens with two attached hydrogens (primary N) is 1. The van der Waals surface area contributed by atoms with Crippen LogP contribution in [0.15, 0.2) is 23.0 Å². The maximum Gasteiger partial charge on any atom is 0.257 e. The van der Waals surface area contributed by atoms with E-state index in [4.69, 9.17) is 10.2 Å². The second kappa shape index (κ2) is 3.84. The number of carbonyl (C=O) groups is 1. The van der Waals surface area contributed by atoms with Crippen LogP contribution in [0.25, 0.3) is 0 Å². The lowest BCUT2D eigenvalue weighted by Crippen LogP contribution is -2.39. The molecule has 0 radical (unpaired) electrons. The van der Waals surface area contributed by atoms with Crippen LogP contribution in [0.3, 0.4) is 0 Å². The van der Waals surface area contributed by atoms with Crippen LogP contribution in [0.1, 0.15) is 23.2 Å². The molecule has 1 atom stereocenters. The normalized spacial score (nSPS) is 21.5. The summed E-state index contributed by atoms with van der Waals surface area (Å²) < 4.78 is 4.89. The van der Waals surface area contributed by atoms with E-state index >= 15 is 0 Å². The maximum atomic E-state index is 11.9. The van der Waals surface area contributed by atoms with E-state index in [1.807, 2.05) is 4.90 Å². The molecule has 0 spiro atoms. The Morgan fingerprint density at radius 2 is 2.57 bits per heavy atom. The zero-order valence-corrected chi connectivity index (χ0v) is 7.98. The van der Waals surface area contributed by atoms with E-state index in [1.54, 1.807) is 6.07 Å². The fraction of sp³-hybridized carbons (Fsp3) is 0.500. The van der Waals surface area contributed by atoms with Crippen molar-refractivity contribution in [3.63, 3.8) is 0 Å². The fourth-order valence-electron chi connectivity index (χ4n) is 1.90. The number of rotatable bonds is 2. The number of carbonyl (C=O) groups excluding carboxylic acids is 1. The van der Waals surface area contributed by atoms with Gasteiger partial charge in [0.05, 0.1) is 11.8 Å². The average Bonchev–Trinajstić information content (AvgIpc) is 2.87. The Bertz CT molecular complexity index is 308. The van der Waals surface area contributed by atoms with Crippen molar-refractivity contribution >= 4 is 5.91 Å². The van der Waals surface area contributed by atoms with Gasteiger partial charge in [-0.25, -0.2) is 0 Å². The van der Waals surface area contributed by atoms with E-state index < -0.39 is 0 Å². The van der Waals surface area contributed by atoms with E-state index in [0.717, 1.165) is 19.4 Å². The summed E-state index contributed by atoms with van der Waals surface area (Å²) >= 11 is 0. The van der Waals surface area contributed by atoms with Crippen molar-refractivity contribution in [2.24, 2.45) is 5.73 Å². The van der Waals surface area contributed by atoms with Gasteiger partial charge in [0.1, 0.15) is 6.26 Å². The smallest absolute Gasteiger partial charge is 0.257 e. The van der Waals surface area contributed by atoms with Crippen LogP contribution in [0, 0.1) is 0 Å². The van der Waals surface area contributed by atoms with Gasteiger partial charge in [0.25, 0.3) is 5.91 Å². The summed E-state index contributed by atoms with van der Waals surface area (Å²) in [5.41, 5.74) is 6.21. The SMILES string of the molecule is NC[C@H]1CCCN1C(=O)c1ccoc1. The maximum absolute atomic E-state index is 11.9. The molecular weight excluding hydrogens is 180 g/mol. The third-order valence-electron chi connectivity index (χ3n) is 2.68. The molecule has 1 amide bonds. The first-order valence-electron chi connectivity index (χ1n) is 4.86. The zero-order valence-electron chi connectivity index (χ0n) is 7.98. The third-order valence-corrected chi connectivity index (χ3v) is 2.68. The minimum atomic E-state index is 0.0340. The number of amides is 1. The first kappa shape index (κ1) is 9.27. The van der Waals surface area contributed by atoms with Crippen LogP contribution in [0.5, 0.6) is 0 Å². The highest BCUT2D eigenvalue weighted by Gasteiger charge is 2.28. The van der Waals surface area contributed by atoms with Crippen molar-refractivity contribution in [3.05, 3.63) is 24.2 Å². The number of nitrogens with zero attached hydrogens (tertiary/aromatic N) is 1. The molecule has 2 rings (SSSR count). The lowest BCUT2D eigenvalue weighted by atomic mass is 10.2. The van der Waals surface area contributed by atoms with Gasteiger partial charge in [-0.15, -0.1) is 0 Å². The standard InChI is InChI=1S/C10H14N2O2/c11-6-9-2-1-4-12(9)10(13)8-3-5-14-7-8/h3,5,7,9H,1-2,4,6,11H2/t9-/m1/s1. The third kappa shape index (κ3) is 1.53. The quantitative estimate of drug-likeness (QED) is 0.759. The Morgan fingerprint density at radius 3 is 3.21 bits per heavy atom. The van der Waals surface area contributed by atoms with Crippen LogP contribution in [-0.2, 0) is 0 Å². The summed E-state index contributed by atoms with van der Waals surface area (Å²) in [6, 6.07) is 1.89. The molecule has 1 fully saturated rings. The number of hydrogen-bond acceptors (Lipinski definition) is 3. The topological polar surface area (TPSA) is 59.5 Å². The van der Waals surface area contributed by atoms with Crippen molar-refractivity contribution in [2.45, 2.75) is 18.9 Å². The minimum absolute atomic E-state index is 0.0340. The highest BCUT2D eigenvalue weighted by molar-refractivity contribution is 5.94. The first-order chi connectivity index (χ1) is 6.83. The Labute approximate surface area is 82.7 Å². The van der Waals surface area contributed by atoms with Crippen LogP contribution in [-0.4, -0.2) is 29.9 Å². The molecule has 2 N–H and O–H groups in total. The molecule has 0 aromatic carbocycles. The van der Waals surface area contributed by atoms with Gasteiger partial charge in [-0.1, -0.05) is 0 Å². The molecule has 1 aliphatic heterocycles. The van der Waals surface area contributed by atoms with E-state index in [2.05, 4.69) is 0 Å². The van der Waals surface area contributed by atoms with Crippen LogP contribution < -0.4 is 5.73 Å². The van der Waals surface area contributed by atoms with Crippen LogP contribution in [0.2, 0.25) is 0 Å². The highest BCUT2D eigenvalue weighted by atomic mass is 16.3. The van der Waals surface area contributed by atoms with E-state index in [0.29, 0.717) is 12.1 Å². The number of hydrogen-bond donors (Lipinski definition) is 1. The van der Waals surface area contributed by atoms with Gasteiger partial charge < -0.3 is 15.1 Å². The minimum Gasteiger partial charge on any atom is -0.472 e. The lowest BCUT2D eigenvalue weighted by molar-refractivity contribution is 0.0740. The summed E-state index contributed by atoms with van der Waals surface area (Å²) in [6.45, 7) is 1.36. The van der Waals surface area contributed by atoms with E-state index in [-0.39, 0.29) is 11.9 Å². The molecule has 0 bridgehead atoms. The number of likely N-dealkylation sites (tertiary alicyclic amines) is 1. The fourth-order valence-corrected chi connectivity index (χ4v) is 1.90. The molecule has 76 valence electrons. The largest absolute Gasteiger partial charge is 0.472 e. The van der Waals surface area contributed by atoms with E-state index in [9.17, 15) is 4.79 Å². The van der Waals surface area contributed by atoms with Gasteiger partial charge in [-0.3, -0.25) is 4.79 Å². The van der Waals surface area contributed by atoms with Gasteiger partial charge in [0.2, 0.25) is 0 Å². The molecule has 14 heavy (non-hydrogen) atoms. The van der Waals surface area contributed by atoms with Crippen molar-refractivity contribution in [1.29, 1.82) is 0 Å². The summed E-state index contributed by atoms with van der Waals surface area (Å²) in [7, 11) is 0. The Balaban J connectivity index is 2.11. The predicted octanol–water partition coefficient (Wildman–Crippen LogP) is 0.843. The molecule has 1 aromatic heterocycles. The molecule has 1 aromatic rings. The van der Waals surface area contributed by atoms with Crippen molar-refractivity contribution in [2.75, 3.05) is 13.1 Å². The molecule has 0 unspecified atom stereocenters. The Morgan fingerprint density at radius 1 is 1.71 bits per heavy atom. The summed E-state index contributed by atoms with van der Waals surface area (Å²) in [6.07, 6.45) is 5.06. The second-order valence-electron chi connectivity index (χ2n) is 3.54. The number of furan rings is 1. The molecule has 4 nitrogen and oxygen atoms in total. The first-order valence-corrected chi connectivity index (χ1v) is 4.86. The summed E-state index contributed by atoms with van der Waals surface area (Å²) in [4.78, 5) is 13.7. The highest BCUT2D eigenvalue weighted by Crippen LogP contribution is 2.19. The molecule has 1 saturated heterocycles. The van der Waals surface area contributed by atoms with Gasteiger partial charge in [-0.05, 0) is 18.9 Å². The van der Waals surface area contributed by atoms with Crippen molar-refractivity contribution in [3.8, 4) is 0 Å². The molecular formula is C10H14N2O2. The Hall–Kier alpha value is -1.29. The molecule has 0 saturated carbocycles. The molecule has 1 aliphatic rings. The average molecular weight is 194 g/mol. The Kier molecular flexibility index (Phi) is 2.54. The monoisotopic (exact) mass is 194 g/mol. The molecule has 0 aliphatic carbocycles. The second-order valence-corrected chi connectivity index (χ2v) is 3.54. The van der Waals surface area contributed by atoms with Gasteiger partial charge in [0.15, 0.2) is 0 Å². The molecule has 4 heteroatoms. The van der Waals surface area contributed by atoms with Crippen LogP contribution >= 0.6 is 0 Å². The molecule has 2 heterocycles. The summed E-state index contributed by atoms with van der Waals surface area (Å²) in [5.74, 6) is 0.0340. The van der Waals surface area contributed by atoms with E-state index in [1.165, 1.54) is 12.5 Å². The summed E-state index contributed by atoms with van der Waals surface area (Å²) in [5, 5.41) is 0. The zero-order chi connectivity index (χ0) is 9.97. The predicted molar refractivity (Wildman–Crippen MR) is 51.8 cm³/mol. The van der Waals surface area contributed by atoms with Gasteiger partial charge >= 0.3 is 0 Å². The van der Waals surface area contributed by atoms with Gasteiger partial charge in [0, 0.05) is 19.1 Å². The lowest BCUT2D eigenvalue weighted by Gasteiger charge is -2.22. The van der Waals surface area contributed by atoms with Crippen LogP contribution in [0.4, 0.5) is 0 Å².